The van der Waals surface area contributed by atoms with Gasteiger partial charge < -0.3 is 4.74 Å². The van der Waals surface area contributed by atoms with Gasteiger partial charge in [0.2, 0.25) is 0 Å². The first-order valence-electron chi connectivity index (χ1n) is 8.54. The third-order valence-corrected chi connectivity index (χ3v) is 4.34. The summed E-state index contributed by atoms with van der Waals surface area (Å²) in [6.07, 6.45) is 3.68. The van der Waals surface area contributed by atoms with E-state index in [1.54, 1.807) is 47.3 Å². The number of amides is 2. The largest absolute Gasteiger partial charge is 0.484 e. The Kier molecular flexibility index (Phi) is 6.38. The SMILES string of the molecule is CCc1c(C(=O)NNC(=O)COc2ccc(Br)cc2)cnn1-c1ccccn1. The van der Waals surface area contributed by atoms with Gasteiger partial charge in [-0.1, -0.05) is 28.9 Å². The number of carbonyl (C=O) groups is 2. The summed E-state index contributed by atoms with van der Waals surface area (Å²) in [5.74, 6) is 0.224. The van der Waals surface area contributed by atoms with E-state index in [1.807, 2.05) is 13.0 Å². The summed E-state index contributed by atoms with van der Waals surface area (Å²) < 4.78 is 7.87. The second-order valence-electron chi connectivity index (χ2n) is 5.70. The standard InChI is InChI=1S/C19H18BrN5O3/c1-2-16-15(11-22-25(16)17-5-3-4-10-21-17)19(27)24-23-18(26)12-28-14-8-6-13(20)7-9-14/h3-11H,2,12H2,1H3,(H,23,26)(H,24,27). The highest BCUT2D eigenvalue weighted by atomic mass is 79.9. The van der Waals surface area contributed by atoms with Crippen LogP contribution in [0.25, 0.3) is 5.82 Å². The maximum absolute atomic E-state index is 12.4. The average molecular weight is 444 g/mol. The van der Waals surface area contributed by atoms with Crippen LogP contribution in [0.2, 0.25) is 0 Å². The van der Waals surface area contributed by atoms with Crippen molar-refractivity contribution in [2.75, 3.05) is 6.61 Å². The molecule has 0 saturated heterocycles. The molecule has 28 heavy (non-hydrogen) atoms. The number of halogens is 1. The van der Waals surface area contributed by atoms with Gasteiger partial charge in [0.05, 0.1) is 17.5 Å². The molecular weight excluding hydrogens is 426 g/mol. The van der Waals surface area contributed by atoms with Crippen LogP contribution in [0, 0.1) is 0 Å². The maximum Gasteiger partial charge on any atom is 0.276 e. The molecule has 2 amide bonds. The van der Waals surface area contributed by atoms with Gasteiger partial charge in [0.15, 0.2) is 12.4 Å². The van der Waals surface area contributed by atoms with Crippen LogP contribution in [0.1, 0.15) is 23.0 Å². The number of hydrogen-bond donors (Lipinski definition) is 2. The molecule has 2 heterocycles. The van der Waals surface area contributed by atoms with Crippen LogP contribution >= 0.6 is 15.9 Å². The molecule has 0 unspecified atom stereocenters. The Morgan fingerprint density at radius 1 is 1.14 bits per heavy atom. The normalized spacial score (nSPS) is 10.4. The Balaban J connectivity index is 1.58. The molecular formula is C19H18BrN5O3. The Hall–Kier alpha value is -3.20. The third kappa shape index (κ3) is 4.74. The predicted molar refractivity (Wildman–Crippen MR) is 106 cm³/mol. The second kappa shape index (κ2) is 9.14. The third-order valence-electron chi connectivity index (χ3n) is 3.81. The number of benzene rings is 1. The van der Waals surface area contributed by atoms with Crippen LogP contribution in [-0.4, -0.2) is 33.2 Å². The van der Waals surface area contributed by atoms with Gasteiger partial charge in [-0.05, 0) is 42.8 Å². The lowest BCUT2D eigenvalue weighted by Crippen LogP contribution is -2.44. The van der Waals surface area contributed by atoms with E-state index >= 15 is 0 Å². The fraction of sp³-hybridized carbons (Fsp3) is 0.158. The summed E-state index contributed by atoms with van der Waals surface area (Å²) >= 11 is 3.32. The van der Waals surface area contributed by atoms with Crippen molar-refractivity contribution in [2.45, 2.75) is 13.3 Å². The molecule has 0 aliphatic rings. The van der Waals surface area contributed by atoms with Gasteiger partial charge in [-0.25, -0.2) is 9.67 Å². The van der Waals surface area contributed by atoms with Crippen molar-refractivity contribution in [3.63, 3.8) is 0 Å². The minimum atomic E-state index is -0.480. The first kappa shape index (κ1) is 19.6. The van der Waals surface area contributed by atoms with Crippen molar-refractivity contribution in [1.82, 2.24) is 25.6 Å². The van der Waals surface area contributed by atoms with E-state index in [9.17, 15) is 9.59 Å². The highest BCUT2D eigenvalue weighted by Crippen LogP contribution is 2.16. The minimum absolute atomic E-state index is 0.226. The van der Waals surface area contributed by atoms with Crippen molar-refractivity contribution in [1.29, 1.82) is 0 Å². The van der Waals surface area contributed by atoms with Crippen molar-refractivity contribution < 1.29 is 14.3 Å². The number of rotatable bonds is 6. The Morgan fingerprint density at radius 2 is 1.93 bits per heavy atom. The molecule has 0 spiro atoms. The van der Waals surface area contributed by atoms with Crippen molar-refractivity contribution >= 4 is 27.7 Å². The van der Waals surface area contributed by atoms with Gasteiger partial charge in [-0.15, -0.1) is 0 Å². The lowest BCUT2D eigenvalue weighted by molar-refractivity contribution is -0.123. The number of pyridine rings is 1. The molecule has 8 nitrogen and oxygen atoms in total. The molecule has 3 aromatic rings. The summed E-state index contributed by atoms with van der Waals surface area (Å²) in [4.78, 5) is 28.6. The molecule has 1 aromatic carbocycles. The van der Waals surface area contributed by atoms with Gasteiger partial charge in [-0.2, -0.15) is 5.10 Å². The van der Waals surface area contributed by atoms with E-state index in [4.69, 9.17) is 4.74 Å². The number of nitrogens with one attached hydrogen (secondary N) is 2. The summed E-state index contributed by atoms with van der Waals surface area (Å²) in [5, 5.41) is 4.24. The zero-order valence-corrected chi connectivity index (χ0v) is 16.6. The molecule has 0 aliphatic heterocycles. The molecule has 0 bridgehead atoms. The summed E-state index contributed by atoms with van der Waals surface area (Å²) in [6.45, 7) is 1.69. The average Bonchev–Trinajstić information content (AvgIpc) is 3.16. The summed E-state index contributed by atoms with van der Waals surface area (Å²) in [5.41, 5.74) is 5.78. The molecule has 3 rings (SSSR count). The van der Waals surface area contributed by atoms with Gasteiger partial charge in [0.25, 0.3) is 11.8 Å². The van der Waals surface area contributed by atoms with Gasteiger partial charge in [-0.3, -0.25) is 20.4 Å². The molecule has 144 valence electrons. The maximum atomic E-state index is 12.4. The highest BCUT2D eigenvalue weighted by molar-refractivity contribution is 9.10. The molecule has 0 radical (unpaired) electrons. The van der Waals surface area contributed by atoms with Crippen molar-refractivity contribution in [3.8, 4) is 11.6 Å². The molecule has 0 saturated carbocycles. The van der Waals surface area contributed by atoms with Crippen LogP contribution in [0.4, 0.5) is 0 Å². The number of aromatic nitrogens is 3. The number of hydrogen-bond acceptors (Lipinski definition) is 5. The Bertz CT molecular complexity index is 957. The smallest absolute Gasteiger partial charge is 0.276 e. The number of nitrogens with zero attached hydrogens (tertiary/aromatic N) is 3. The van der Waals surface area contributed by atoms with Gasteiger partial charge >= 0.3 is 0 Å². The molecule has 0 fully saturated rings. The molecule has 2 N–H and O–H groups in total. The molecule has 2 aromatic heterocycles. The fourth-order valence-corrected chi connectivity index (χ4v) is 2.75. The number of ether oxygens (including phenoxy) is 1. The minimum Gasteiger partial charge on any atom is -0.484 e. The van der Waals surface area contributed by atoms with Crippen LogP contribution in [0.3, 0.4) is 0 Å². The van der Waals surface area contributed by atoms with E-state index < -0.39 is 11.8 Å². The fourth-order valence-electron chi connectivity index (χ4n) is 2.49. The first-order valence-corrected chi connectivity index (χ1v) is 9.33. The zero-order chi connectivity index (χ0) is 19.9. The van der Waals surface area contributed by atoms with E-state index in [-0.39, 0.29) is 6.61 Å². The van der Waals surface area contributed by atoms with E-state index in [0.29, 0.717) is 29.2 Å². The molecule has 0 atom stereocenters. The Morgan fingerprint density at radius 3 is 2.61 bits per heavy atom. The quantitative estimate of drug-likeness (QED) is 0.570. The lowest BCUT2D eigenvalue weighted by Gasteiger charge is -2.10. The molecule has 0 aliphatic carbocycles. The predicted octanol–water partition coefficient (Wildman–Crippen LogP) is 2.43. The number of carbonyl (C=O) groups excluding carboxylic acids is 2. The van der Waals surface area contributed by atoms with Crippen molar-refractivity contribution in [3.05, 3.63) is 70.6 Å². The van der Waals surface area contributed by atoms with Crippen LogP contribution in [0.5, 0.6) is 5.75 Å². The monoisotopic (exact) mass is 443 g/mol. The topological polar surface area (TPSA) is 98.1 Å². The van der Waals surface area contributed by atoms with Crippen LogP contribution < -0.4 is 15.6 Å². The van der Waals surface area contributed by atoms with Crippen LogP contribution in [-0.2, 0) is 11.2 Å². The van der Waals surface area contributed by atoms with Gasteiger partial charge in [0.1, 0.15) is 5.75 Å². The van der Waals surface area contributed by atoms with E-state index in [1.165, 1.54) is 6.20 Å². The van der Waals surface area contributed by atoms with Crippen LogP contribution in [0.15, 0.2) is 59.3 Å². The lowest BCUT2D eigenvalue weighted by atomic mass is 10.2. The first-order chi connectivity index (χ1) is 13.6. The summed E-state index contributed by atoms with van der Waals surface area (Å²) in [7, 11) is 0. The Labute approximate surface area is 170 Å². The second-order valence-corrected chi connectivity index (χ2v) is 6.62. The zero-order valence-electron chi connectivity index (χ0n) is 15.1. The molecule has 9 heteroatoms. The highest BCUT2D eigenvalue weighted by Gasteiger charge is 2.18. The van der Waals surface area contributed by atoms with E-state index in [0.717, 1.165) is 4.47 Å². The van der Waals surface area contributed by atoms with Crippen molar-refractivity contribution in [2.24, 2.45) is 0 Å². The number of hydrazine groups is 1. The van der Waals surface area contributed by atoms with Gasteiger partial charge in [0, 0.05) is 10.7 Å². The summed E-state index contributed by atoms with van der Waals surface area (Å²) in [6, 6.07) is 12.5. The van der Waals surface area contributed by atoms with E-state index in [2.05, 4.69) is 36.9 Å².